The van der Waals surface area contributed by atoms with Gasteiger partial charge in [-0.05, 0) is 26.3 Å². The Labute approximate surface area is 159 Å². The number of nitro groups is 2. The maximum absolute atomic E-state index is 12.5. The Balaban J connectivity index is 3.78. The standard InChI is InChI=1S/C17H20N2O9/c1-9(2)28-16(21)13(10(3)20)14(15(19(25)26)17(22)27-4)11-6-5-7-12(8-11)18(23)24/h5-9,13-14,22H,1-4H3. The molecule has 2 atom stereocenters. The predicted molar refractivity (Wildman–Crippen MR) is 94.9 cm³/mol. The largest absolute Gasteiger partial charge is 0.476 e. The molecule has 0 aliphatic heterocycles. The number of non-ortho nitro benzene ring substituents is 1. The molecule has 0 saturated carbocycles. The van der Waals surface area contributed by atoms with Gasteiger partial charge in [-0.2, -0.15) is 0 Å². The molecule has 0 aromatic heterocycles. The zero-order valence-electron chi connectivity index (χ0n) is 15.6. The topological polar surface area (TPSA) is 159 Å². The van der Waals surface area contributed by atoms with Gasteiger partial charge in [-0.1, -0.05) is 12.1 Å². The monoisotopic (exact) mass is 396 g/mol. The van der Waals surface area contributed by atoms with Gasteiger partial charge in [0, 0.05) is 12.1 Å². The van der Waals surface area contributed by atoms with Gasteiger partial charge in [-0.15, -0.1) is 0 Å². The molecule has 0 saturated heterocycles. The van der Waals surface area contributed by atoms with Gasteiger partial charge in [0.15, 0.2) is 0 Å². The molecule has 0 heterocycles. The second kappa shape index (κ2) is 9.44. The van der Waals surface area contributed by atoms with E-state index in [2.05, 4.69) is 4.74 Å². The highest BCUT2D eigenvalue weighted by Crippen LogP contribution is 2.37. The number of ketones is 1. The molecule has 2 unspecified atom stereocenters. The highest BCUT2D eigenvalue weighted by molar-refractivity contribution is 5.99. The van der Waals surface area contributed by atoms with Crippen LogP contribution in [0.3, 0.4) is 0 Å². The number of aliphatic hydroxyl groups excluding tert-OH is 1. The smallest absolute Gasteiger partial charge is 0.354 e. The Bertz CT molecular complexity index is 817. The van der Waals surface area contributed by atoms with Crippen molar-refractivity contribution in [2.75, 3.05) is 7.11 Å². The van der Waals surface area contributed by atoms with Crippen molar-refractivity contribution in [3.8, 4) is 0 Å². The Morgan fingerprint density at radius 1 is 1.18 bits per heavy atom. The zero-order chi connectivity index (χ0) is 21.6. The Hall–Kier alpha value is -3.50. The Kier molecular flexibility index (Phi) is 7.60. The quantitative estimate of drug-likeness (QED) is 0.217. The lowest BCUT2D eigenvalue weighted by atomic mass is 9.81. The Morgan fingerprint density at radius 3 is 2.21 bits per heavy atom. The summed E-state index contributed by atoms with van der Waals surface area (Å²) in [6.07, 6.45) is -0.626. The Morgan fingerprint density at radius 2 is 1.79 bits per heavy atom. The maximum atomic E-state index is 12.5. The molecule has 1 rings (SSSR count). The van der Waals surface area contributed by atoms with E-state index in [1.165, 1.54) is 26.0 Å². The molecule has 0 aliphatic carbocycles. The average molecular weight is 396 g/mol. The van der Waals surface area contributed by atoms with Crippen LogP contribution in [0.1, 0.15) is 32.3 Å². The summed E-state index contributed by atoms with van der Waals surface area (Å²) >= 11 is 0. The number of carbonyl (C=O) groups excluding carboxylic acids is 2. The van der Waals surface area contributed by atoms with Crippen LogP contribution in [0.5, 0.6) is 0 Å². The van der Waals surface area contributed by atoms with E-state index in [0.717, 1.165) is 26.2 Å². The molecule has 0 bridgehead atoms. The van der Waals surface area contributed by atoms with Gasteiger partial charge in [0.1, 0.15) is 17.6 Å². The van der Waals surface area contributed by atoms with E-state index in [9.17, 15) is 34.9 Å². The van der Waals surface area contributed by atoms with E-state index in [1.54, 1.807) is 0 Å². The number of Topliss-reactive ketones (excluding diaryl/α,β-unsaturated/α-hetero) is 1. The maximum Gasteiger partial charge on any atom is 0.354 e. The summed E-state index contributed by atoms with van der Waals surface area (Å²) in [6, 6.07) is 4.63. The highest BCUT2D eigenvalue weighted by Gasteiger charge is 2.46. The molecule has 28 heavy (non-hydrogen) atoms. The second-order valence-corrected chi connectivity index (χ2v) is 6.06. The first-order chi connectivity index (χ1) is 13.0. The van der Waals surface area contributed by atoms with Crippen LogP contribution in [0.4, 0.5) is 5.69 Å². The van der Waals surface area contributed by atoms with Gasteiger partial charge in [0.05, 0.1) is 23.1 Å². The van der Waals surface area contributed by atoms with Gasteiger partial charge in [0.25, 0.3) is 5.69 Å². The summed E-state index contributed by atoms with van der Waals surface area (Å²) in [7, 11) is 0.957. The SMILES string of the molecule is COC(O)=C(C(c1cccc([N+](=O)[O-])c1)C(C(C)=O)C(=O)OC(C)C)[N+](=O)[O-]. The van der Waals surface area contributed by atoms with Crippen molar-refractivity contribution in [2.24, 2.45) is 5.92 Å². The van der Waals surface area contributed by atoms with Crippen molar-refractivity contribution in [3.05, 3.63) is 61.7 Å². The van der Waals surface area contributed by atoms with Crippen LogP contribution in [0.25, 0.3) is 0 Å². The first-order valence-electron chi connectivity index (χ1n) is 8.08. The third kappa shape index (κ3) is 5.25. The fourth-order valence-corrected chi connectivity index (χ4v) is 2.61. The van der Waals surface area contributed by atoms with E-state index in [4.69, 9.17) is 4.74 Å². The van der Waals surface area contributed by atoms with E-state index >= 15 is 0 Å². The molecular weight excluding hydrogens is 376 g/mol. The molecule has 0 spiro atoms. The minimum Gasteiger partial charge on any atom is -0.476 e. The average Bonchev–Trinajstić information content (AvgIpc) is 2.59. The van der Waals surface area contributed by atoms with Crippen molar-refractivity contribution in [2.45, 2.75) is 32.8 Å². The van der Waals surface area contributed by atoms with Crippen LogP contribution in [0.2, 0.25) is 0 Å². The molecule has 0 fully saturated rings. The number of nitro benzene ring substituents is 1. The lowest BCUT2D eigenvalue weighted by Gasteiger charge is -2.23. The minimum absolute atomic E-state index is 0.106. The second-order valence-electron chi connectivity index (χ2n) is 6.06. The fourth-order valence-electron chi connectivity index (χ4n) is 2.61. The molecule has 1 N–H and O–H groups in total. The number of methoxy groups -OCH3 is 1. The number of nitrogens with zero attached hydrogens (tertiary/aromatic N) is 2. The van der Waals surface area contributed by atoms with Crippen molar-refractivity contribution < 1.29 is 34.0 Å². The predicted octanol–water partition coefficient (Wildman–Crippen LogP) is 2.49. The van der Waals surface area contributed by atoms with E-state index in [0.29, 0.717) is 0 Å². The molecule has 1 aromatic rings. The van der Waals surface area contributed by atoms with Crippen LogP contribution in [0, 0.1) is 26.1 Å². The van der Waals surface area contributed by atoms with Crippen LogP contribution in [-0.2, 0) is 19.1 Å². The molecular formula is C17H20N2O9. The lowest BCUT2D eigenvalue weighted by Crippen LogP contribution is -2.35. The van der Waals surface area contributed by atoms with E-state index in [1.807, 2.05) is 0 Å². The number of hydrogen-bond acceptors (Lipinski definition) is 9. The lowest BCUT2D eigenvalue weighted by molar-refractivity contribution is -0.436. The minimum atomic E-state index is -1.73. The molecule has 0 aliphatic rings. The molecule has 11 nitrogen and oxygen atoms in total. The van der Waals surface area contributed by atoms with E-state index in [-0.39, 0.29) is 5.56 Å². The number of esters is 1. The zero-order valence-corrected chi connectivity index (χ0v) is 15.6. The third-order valence-corrected chi connectivity index (χ3v) is 3.72. The number of benzene rings is 1. The van der Waals surface area contributed by atoms with Crippen LogP contribution >= 0.6 is 0 Å². The van der Waals surface area contributed by atoms with Crippen molar-refractivity contribution >= 4 is 17.4 Å². The summed E-state index contributed by atoms with van der Waals surface area (Å²) in [5, 5.41) is 32.6. The van der Waals surface area contributed by atoms with Crippen LogP contribution in [0.15, 0.2) is 35.9 Å². The molecule has 0 radical (unpaired) electrons. The summed E-state index contributed by atoms with van der Waals surface area (Å²) < 4.78 is 9.58. The number of allylic oxidation sites excluding steroid dienone is 1. The number of rotatable bonds is 9. The summed E-state index contributed by atoms with van der Waals surface area (Å²) in [6.45, 7) is 4.07. The third-order valence-electron chi connectivity index (χ3n) is 3.72. The number of carbonyl (C=O) groups is 2. The van der Waals surface area contributed by atoms with Gasteiger partial charge in [-0.3, -0.25) is 29.8 Å². The molecule has 11 heteroatoms. The summed E-state index contributed by atoms with van der Waals surface area (Å²) in [4.78, 5) is 45.7. The van der Waals surface area contributed by atoms with Crippen molar-refractivity contribution in [1.29, 1.82) is 0 Å². The van der Waals surface area contributed by atoms with Gasteiger partial charge in [-0.25, -0.2) is 0 Å². The van der Waals surface area contributed by atoms with Gasteiger partial charge in [0.2, 0.25) is 0 Å². The van der Waals surface area contributed by atoms with Crippen LogP contribution < -0.4 is 0 Å². The van der Waals surface area contributed by atoms with Gasteiger partial charge >= 0.3 is 17.6 Å². The first kappa shape index (κ1) is 22.5. The number of ether oxygens (including phenoxy) is 2. The molecule has 0 amide bonds. The number of hydrogen-bond donors (Lipinski definition) is 1. The van der Waals surface area contributed by atoms with Crippen molar-refractivity contribution in [3.63, 3.8) is 0 Å². The molecule has 152 valence electrons. The first-order valence-corrected chi connectivity index (χ1v) is 8.08. The normalized spacial score (nSPS) is 13.9. The molecule has 1 aromatic carbocycles. The summed E-state index contributed by atoms with van der Waals surface area (Å²) in [5.74, 6) is -6.40. The number of aliphatic hydroxyl groups is 1. The van der Waals surface area contributed by atoms with Gasteiger partial charge < -0.3 is 14.6 Å². The fraction of sp³-hybridized carbons (Fsp3) is 0.412. The van der Waals surface area contributed by atoms with E-state index < -0.39 is 56.9 Å². The van der Waals surface area contributed by atoms with Crippen LogP contribution in [-0.4, -0.2) is 39.9 Å². The summed E-state index contributed by atoms with van der Waals surface area (Å²) in [5.41, 5.74) is -1.52. The van der Waals surface area contributed by atoms with Crippen molar-refractivity contribution in [1.82, 2.24) is 0 Å². The highest BCUT2D eigenvalue weighted by atomic mass is 16.6.